The lowest BCUT2D eigenvalue weighted by Crippen LogP contribution is -2.61. The molecule has 6 aliphatic rings. The number of nitrogens with one attached hydrogen (secondary N) is 2. The van der Waals surface area contributed by atoms with E-state index in [0.29, 0.717) is 6.42 Å². The summed E-state index contributed by atoms with van der Waals surface area (Å²) in [6, 6.07) is 1.52. The first-order valence-electron chi connectivity index (χ1n) is 11.0. The number of hydrogen-bond donors (Lipinski definition) is 2. The van der Waals surface area contributed by atoms with Crippen LogP contribution in [0.2, 0.25) is 0 Å². The van der Waals surface area contributed by atoms with Crippen LogP contribution < -0.4 is 10.6 Å². The predicted molar refractivity (Wildman–Crippen MR) is 108 cm³/mol. The topological polar surface area (TPSA) is 78.5 Å². The minimum atomic E-state index is -0.967. The van der Waals surface area contributed by atoms with Crippen molar-refractivity contribution in [1.82, 2.24) is 15.5 Å². The van der Waals surface area contributed by atoms with Crippen molar-refractivity contribution in [2.24, 2.45) is 17.8 Å². The molecular formula is C22H27N3O3S. The summed E-state index contributed by atoms with van der Waals surface area (Å²) >= 11 is 1.64. The highest BCUT2D eigenvalue weighted by atomic mass is 32.1. The summed E-state index contributed by atoms with van der Waals surface area (Å²) in [5.41, 5.74) is -0.143. The zero-order chi connectivity index (χ0) is 19.8. The van der Waals surface area contributed by atoms with Crippen LogP contribution in [-0.4, -0.2) is 34.8 Å². The van der Waals surface area contributed by atoms with Crippen LogP contribution in [0.15, 0.2) is 11.4 Å². The lowest BCUT2D eigenvalue weighted by Gasteiger charge is -2.56. The average molecular weight is 414 g/mol. The van der Waals surface area contributed by atoms with E-state index in [1.807, 2.05) is 11.4 Å². The number of fused-ring (bicyclic) bond motifs is 2. The Hall–Kier alpha value is -1.89. The van der Waals surface area contributed by atoms with Gasteiger partial charge in [0.1, 0.15) is 12.1 Å². The molecule has 2 N–H and O–H groups in total. The summed E-state index contributed by atoms with van der Waals surface area (Å²) in [6.45, 7) is -0.173. The minimum Gasteiger partial charge on any atom is -0.349 e. The van der Waals surface area contributed by atoms with Gasteiger partial charge in [0.05, 0.1) is 0 Å². The van der Waals surface area contributed by atoms with Gasteiger partial charge in [-0.05, 0) is 87.0 Å². The van der Waals surface area contributed by atoms with E-state index in [0.717, 1.165) is 60.3 Å². The first kappa shape index (κ1) is 17.9. The fraction of sp³-hybridized carbons (Fsp3) is 0.682. The number of amides is 4. The van der Waals surface area contributed by atoms with E-state index in [-0.39, 0.29) is 23.9 Å². The predicted octanol–water partition coefficient (Wildman–Crippen LogP) is 2.92. The summed E-state index contributed by atoms with van der Waals surface area (Å²) in [4.78, 5) is 41.3. The highest BCUT2D eigenvalue weighted by molar-refractivity contribution is 7.10. The zero-order valence-corrected chi connectivity index (χ0v) is 17.4. The molecule has 0 radical (unpaired) electrons. The van der Waals surface area contributed by atoms with Gasteiger partial charge in [-0.15, -0.1) is 11.3 Å². The van der Waals surface area contributed by atoms with Crippen LogP contribution in [0, 0.1) is 17.8 Å². The molecule has 5 fully saturated rings. The maximum atomic E-state index is 13.3. The number of nitrogens with zero attached hydrogens (tertiary/aromatic N) is 1. The van der Waals surface area contributed by atoms with Gasteiger partial charge in [0.25, 0.3) is 5.91 Å². The Balaban J connectivity index is 1.20. The molecule has 4 saturated carbocycles. The van der Waals surface area contributed by atoms with Crippen molar-refractivity contribution in [2.75, 3.05) is 6.54 Å². The molecule has 1 spiro atoms. The molecule has 0 unspecified atom stereocenters. The van der Waals surface area contributed by atoms with Crippen molar-refractivity contribution in [2.45, 2.75) is 68.9 Å². The Morgan fingerprint density at radius 1 is 1.17 bits per heavy atom. The molecule has 29 heavy (non-hydrogen) atoms. The molecule has 7 heteroatoms. The third-order valence-electron chi connectivity index (χ3n) is 8.08. The molecular weight excluding hydrogens is 386 g/mol. The van der Waals surface area contributed by atoms with E-state index >= 15 is 0 Å². The van der Waals surface area contributed by atoms with E-state index in [1.54, 1.807) is 11.3 Å². The van der Waals surface area contributed by atoms with E-state index in [4.69, 9.17) is 0 Å². The van der Waals surface area contributed by atoms with Gasteiger partial charge in [-0.1, -0.05) is 0 Å². The Kier molecular flexibility index (Phi) is 3.75. The van der Waals surface area contributed by atoms with Crippen LogP contribution in [0.4, 0.5) is 4.79 Å². The number of rotatable bonds is 3. The van der Waals surface area contributed by atoms with Gasteiger partial charge in [0, 0.05) is 16.0 Å². The van der Waals surface area contributed by atoms with Gasteiger partial charge >= 0.3 is 6.03 Å². The SMILES string of the molecule is O=C(CN1C(=O)N[C@]2(CCCc3sccc32)C1=O)NC12CC3CC(CC(C3)C1)C2. The van der Waals surface area contributed by atoms with Crippen molar-refractivity contribution < 1.29 is 14.4 Å². The van der Waals surface area contributed by atoms with E-state index in [1.165, 1.54) is 24.1 Å². The molecule has 1 aromatic rings. The third kappa shape index (κ3) is 2.62. The Morgan fingerprint density at radius 2 is 1.86 bits per heavy atom. The Bertz CT molecular complexity index is 874. The lowest BCUT2D eigenvalue weighted by molar-refractivity contribution is -0.137. The highest BCUT2D eigenvalue weighted by Gasteiger charge is 2.55. The molecule has 2 heterocycles. The summed E-state index contributed by atoms with van der Waals surface area (Å²) < 4.78 is 0. The van der Waals surface area contributed by atoms with Crippen molar-refractivity contribution in [1.29, 1.82) is 0 Å². The summed E-state index contributed by atoms with van der Waals surface area (Å²) in [5, 5.41) is 8.21. The first-order valence-corrected chi connectivity index (χ1v) is 11.9. The fourth-order valence-corrected chi connectivity index (χ4v) is 8.43. The number of thiophene rings is 1. The van der Waals surface area contributed by atoms with Gasteiger partial charge in [-0.25, -0.2) is 4.79 Å². The monoisotopic (exact) mass is 413 g/mol. The second-order valence-electron chi connectivity index (χ2n) is 10.1. The second kappa shape index (κ2) is 6.06. The molecule has 5 aliphatic carbocycles. The van der Waals surface area contributed by atoms with Crippen LogP contribution in [0.25, 0.3) is 0 Å². The lowest BCUT2D eigenvalue weighted by atomic mass is 9.53. The van der Waals surface area contributed by atoms with Crippen LogP contribution in [0.1, 0.15) is 61.8 Å². The molecule has 4 amide bonds. The number of carbonyl (C=O) groups excluding carboxylic acids is 3. The Morgan fingerprint density at radius 3 is 2.55 bits per heavy atom. The number of imide groups is 1. The van der Waals surface area contributed by atoms with Crippen molar-refractivity contribution in [3.63, 3.8) is 0 Å². The van der Waals surface area contributed by atoms with E-state index in [2.05, 4.69) is 10.6 Å². The first-order chi connectivity index (χ1) is 14.0. The average Bonchev–Trinajstić information content (AvgIpc) is 3.21. The number of urea groups is 1. The highest BCUT2D eigenvalue weighted by Crippen LogP contribution is 2.55. The van der Waals surface area contributed by atoms with E-state index < -0.39 is 11.6 Å². The summed E-state index contributed by atoms with van der Waals surface area (Å²) in [6.07, 6.45) is 9.55. The van der Waals surface area contributed by atoms with E-state index in [9.17, 15) is 14.4 Å². The maximum absolute atomic E-state index is 13.3. The third-order valence-corrected chi connectivity index (χ3v) is 9.06. The molecule has 6 nitrogen and oxygen atoms in total. The van der Waals surface area contributed by atoms with Crippen molar-refractivity contribution in [3.05, 3.63) is 21.9 Å². The van der Waals surface area contributed by atoms with Crippen LogP contribution in [-0.2, 0) is 21.5 Å². The largest absolute Gasteiger partial charge is 0.349 e. The number of carbonyl (C=O) groups is 3. The van der Waals surface area contributed by atoms with Gasteiger partial charge < -0.3 is 10.6 Å². The van der Waals surface area contributed by atoms with Crippen LogP contribution in [0.3, 0.4) is 0 Å². The van der Waals surface area contributed by atoms with Crippen molar-refractivity contribution >= 4 is 29.2 Å². The molecule has 154 valence electrons. The zero-order valence-electron chi connectivity index (χ0n) is 16.5. The smallest absolute Gasteiger partial charge is 0.325 e. The minimum absolute atomic E-state index is 0.103. The number of aryl methyl sites for hydroxylation is 1. The standard InChI is InChI=1S/C22H27N3O3S/c26-18(23-21-9-13-6-14(10-21)8-15(7-13)11-21)12-25-19(27)22(24-20(25)28)4-1-2-17-16(22)3-5-29-17/h3,5,13-15H,1-2,4,6-12H2,(H,23,26)(H,24,28)/t13?,14?,15?,21?,22-/m0/s1. The van der Waals surface area contributed by atoms with Crippen molar-refractivity contribution in [3.8, 4) is 0 Å². The number of hydrogen-bond acceptors (Lipinski definition) is 4. The fourth-order valence-electron chi connectivity index (χ4n) is 7.43. The van der Waals surface area contributed by atoms with Crippen LogP contribution in [0.5, 0.6) is 0 Å². The maximum Gasteiger partial charge on any atom is 0.325 e. The quantitative estimate of drug-likeness (QED) is 0.748. The second-order valence-corrected chi connectivity index (χ2v) is 11.1. The molecule has 0 aromatic carbocycles. The van der Waals surface area contributed by atoms with Crippen LogP contribution >= 0.6 is 11.3 Å². The molecule has 1 aliphatic heterocycles. The van der Waals surface area contributed by atoms with Gasteiger partial charge in [-0.3, -0.25) is 14.5 Å². The molecule has 7 rings (SSSR count). The summed E-state index contributed by atoms with van der Waals surface area (Å²) in [7, 11) is 0. The van der Waals surface area contributed by atoms with Gasteiger partial charge in [-0.2, -0.15) is 0 Å². The van der Waals surface area contributed by atoms with Gasteiger partial charge in [0.15, 0.2) is 0 Å². The normalized spacial score (nSPS) is 39.7. The molecule has 4 bridgehead atoms. The summed E-state index contributed by atoms with van der Waals surface area (Å²) in [5.74, 6) is 1.76. The Labute approximate surface area is 174 Å². The molecule has 1 aromatic heterocycles. The van der Waals surface area contributed by atoms with Gasteiger partial charge in [0.2, 0.25) is 5.91 Å². The molecule has 1 saturated heterocycles. The molecule has 1 atom stereocenters.